The van der Waals surface area contributed by atoms with Crippen LogP contribution in [0.4, 0.5) is 17.3 Å². The molecule has 0 unspecified atom stereocenters. The van der Waals surface area contributed by atoms with Crippen molar-refractivity contribution in [3.63, 3.8) is 0 Å². The summed E-state index contributed by atoms with van der Waals surface area (Å²) in [7, 11) is 0. The molecule has 0 aliphatic carbocycles. The van der Waals surface area contributed by atoms with Crippen molar-refractivity contribution in [3.05, 3.63) is 52.3 Å². The largest absolute Gasteiger partial charge is 0.324 e. The number of aromatic nitrogens is 2. The molecule has 1 N–H and O–H groups in total. The van der Waals surface area contributed by atoms with Crippen molar-refractivity contribution < 1.29 is 4.92 Å². The number of rotatable bonds is 5. The SMILES string of the molecule is CCCc1ccnc(Nc2cccc([N+](=O)[O-])c2)n1. The van der Waals surface area contributed by atoms with E-state index in [4.69, 9.17) is 0 Å². The molecule has 0 amide bonds. The quantitative estimate of drug-likeness (QED) is 0.658. The third kappa shape index (κ3) is 3.48. The summed E-state index contributed by atoms with van der Waals surface area (Å²) in [6.07, 6.45) is 3.57. The molecule has 1 aromatic heterocycles. The molecule has 0 atom stereocenters. The molecule has 2 aromatic rings. The van der Waals surface area contributed by atoms with Crippen molar-refractivity contribution in [1.82, 2.24) is 9.97 Å². The van der Waals surface area contributed by atoms with Gasteiger partial charge >= 0.3 is 0 Å². The summed E-state index contributed by atoms with van der Waals surface area (Å²) >= 11 is 0. The lowest BCUT2D eigenvalue weighted by atomic mass is 10.2. The predicted octanol–water partition coefficient (Wildman–Crippen LogP) is 3.08. The number of nitro groups is 1. The highest BCUT2D eigenvalue weighted by molar-refractivity contribution is 5.57. The minimum atomic E-state index is -0.431. The van der Waals surface area contributed by atoms with Crippen molar-refractivity contribution in [2.75, 3.05) is 5.32 Å². The van der Waals surface area contributed by atoms with Crippen LogP contribution in [0.3, 0.4) is 0 Å². The summed E-state index contributed by atoms with van der Waals surface area (Å²) in [5.74, 6) is 0.450. The number of nitro benzene ring substituents is 1. The van der Waals surface area contributed by atoms with Gasteiger partial charge in [-0.1, -0.05) is 19.4 Å². The van der Waals surface area contributed by atoms with Crippen molar-refractivity contribution in [3.8, 4) is 0 Å². The van der Waals surface area contributed by atoms with Gasteiger partial charge in [-0.3, -0.25) is 10.1 Å². The smallest absolute Gasteiger partial charge is 0.271 e. The Hall–Kier alpha value is -2.50. The first-order chi connectivity index (χ1) is 9.19. The van der Waals surface area contributed by atoms with Crippen LogP contribution in [-0.2, 0) is 6.42 Å². The molecule has 0 bridgehead atoms. The summed E-state index contributed by atoms with van der Waals surface area (Å²) in [4.78, 5) is 18.7. The Morgan fingerprint density at radius 1 is 1.37 bits per heavy atom. The zero-order valence-corrected chi connectivity index (χ0v) is 10.5. The summed E-state index contributed by atoms with van der Waals surface area (Å²) in [5.41, 5.74) is 1.59. The molecule has 0 aliphatic rings. The predicted molar refractivity (Wildman–Crippen MR) is 72.4 cm³/mol. The van der Waals surface area contributed by atoms with Crippen LogP contribution in [0, 0.1) is 10.1 Å². The van der Waals surface area contributed by atoms with Crippen LogP contribution in [0.25, 0.3) is 0 Å². The number of nitrogens with one attached hydrogen (secondary N) is 1. The summed E-state index contributed by atoms with van der Waals surface area (Å²) in [6.45, 7) is 2.08. The summed E-state index contributed by atoms with van der Waals surface area (Å²) in [5, 5.41) is 13.7. The van der Waals surface area contributed by atoms with Crippen LogP contribution < -0.4 is 5.32 Å². The molecule has 6 nitrogen and oxygen atoms in total. The van der Waals surface area contributed by atoms with Gasteiger partial charge in [-0.25, -0.2) is 9.97 Å². The Morgan fingerprint density at radius 3 is 2.95 bits per heavy atom. The van der Waals surface area contributed by atoms with Gasteiger partial charge in [-0.05, 0) is 18.6 Å². The Kier molecular flexibility index (Phi) is 4.02. The second-order valence-electron chi connectivity index (χ2n) is 4.05. The van der Waals surface area contributed by atoms with Gasteiger partial charge in [0.25, 0.3) is 5.69 Å². The summed E-state index contributed by atoms with van der Waals surface area (Å²) in [6, 6.07) is 8.12. The number of benzene rings is 1. The van der Waals surface area contributed by atoms with Gasteiger partial charge in [0, 0.05) is 29.7 Å². The third-order valence-electron chi connectivity index (χ3n) is 2.53. The number of anilines is 2. The molecule has 0 saturated carbocycles. The van der Waals surface area contributed by atoms with Gasteiger partial charge < -0.3 is 5.32 Å². The first-order valence-electron chi connectivity index (χ1n) is 6.02. The number of nitrogens with zero attached hydrogens (tertiary/aromatic N) is 3. The van der Waals surface area contributed by atoms with Gasteiger partial charge in [-0.2, -0.15) is 0 Å². The minimum absolute atomic E-state index is 0.0368. The summed E-state index contributed by atoms with van der Waals surface area (Å²) < 4.78 is 0. The maximum absolute atomic E-state index is 10.7. The van der Waals surface area contributed by atoms with Crippen LogP contribution in [0.5, 0.6) is 0 Å². The molecule has 0 radical (unpaired) electrons. The van der Waals surface area contributed by atoms with Crippen LogP contribution in [0.1, 0.15) is 19.0 Å². The van der Waals surface area contributed by atoms with E-state index in [0.29, 0.717) is 11.6 Å². The Morgan fingerprint density at radius 2 is 2.21 bits per heavy atom. The highest BCUT2D eigenvalue weighted by Gasteiger charge is 2.06. The fourth-order valence-corrected chi connectivity index (χ4v) is 1.68. The van der Waals surface area contributed by atoms with Crippen LogP contribution >= 0.6 is 0 Å². The first-order valence-corrected chi connectivity index (χ1v) is 6.02. The van der Waals surface area contributed by atoms with Gasteiger partial charge in [0.05, 0.1) is 4.92 Å². The average molecular weight is 258 g/mol. The van der Waals surface area contributed by atoms with Crippen LogP contribution in [0.15, 0.2) is 36.5 Å². The maximum Gasteiger partial charge on any atom is 0.271 e. The standard InChI is InChI=1S/C13H14N4O2/c1-2-4-10-7-8-14-13(15-10)16-11-5-3-6-12(9-11)17(18)19/h3,5-9H,2,4H2,1H3,(H,14,15,16). The Balaban J connectivity index is 2.18. The third-order valence-corrected chi connectivity index (χ3v) is 2.53. The van der Waals surface area contributed by atoms with E-state index in [-0.39, 0.29) is 5.69 Å². The molecular formula is C13H14N4O2. The van der Waals surface area contributed by atoms with E-state index < -0.39 is 4.92 Å². The molecule has 6 heteroatoms. The van der Waals surface area contributed by atoms with E-state index in [0.717, 1.165) is 18.5 Å². The zero-order chi connectivity index (χ0) is 13.7. The van der Waals surface area contributed by atoms with Crippen molar-refractivity contribution in [2.45, 2.75) is 19.8 Å². The fourth-order valence-electron chi connectivity index (χ4n) is 1.68. The normalized spacial score (nSPS) is 10.2. The van der Waals surface area contributed by atoms with Crippen molar-refractivity contribution in [1.29, 1.82) is 0 Å². The molecule has 98 valence electrons. The lowest BCUT2D eigenvalue weighted by molar-refractivity contribution is -0.384. The average Bonchev–Trinajstić information content (AvgIpc) is 2.40. The molecular weight excluding hydrogens is 244 g/mol. The number of hydrogen-bond donors (Lipinski definition) is 1. The van der Waals surface area contributed by atoms with Gasteiger partial charge in [-0.15, -0.1) is 0 Å². The van der Waals surface area contributed by atoms with E-state index in [1.807, 2.05) is 6.07 Å². The maximum atomic E-state index is 10.7. The topological polar surface area (TPSA) is 81.0 Å². The van der Waals surface area contributed by atoms with E-state index in [2.05, 4.69) is 22.2 Å². The minimum Gasteiger partial charge on any atom is -0.324 e. The molecule has 1 aromatic carbocycles. The number of aryl methyl sites for hydroxylation is 1. The molecule has 2 rings (SSSR count). The lowest BCUT2D eigenvalue weighted by Crippen LogP contribution is -2.00. The van der Waals surface area contributed by atoms with Crippen LogP contribution in [0.2, 0.25) is 0 Å². The molecule has 19 heavy (non-hydrogen) atoms. The van der Waals surface area contributed by atoms with E-state index in [1.165, 1.54) is 12.1 Å². The number of non-ortho nitro benzene ring substituents is 1. The molecule has 0 saturated heterocycles. The van der Waals surface area contributed by atoms with Crippen molar-refractivity contribution in [2.24, 2.45) is 0 Å². The monoisotopic (exact) mass is 258 g/mol. The first kappa shape index (κ1) is 12.9. The van der Waals surface area contributed by atoms with Gasteiger partial charge in [0.1, 0.15) is 0 Å². The van der Waals surface area contributed by atoms with E-state index >= 15 is 0 Å². The van der Waals surface area contributed by atoms with Gasteiger partial charge in [0.2, 0.25) is 5.95 Å². The lowest BCUT2D eigenvalue weighted by Gasteiger charge is -2.05. The Labute approximate surface area is 110 Å². The van der Waals surface area contributed by atoms with Gasteiger partial charge in [0.15, 0.2) is 0 Å². The number of hydrogen-bond acceptors (Lipinski definition) is 5. The van der Waals surface area contributed by atoms with E-state index in [9.17, 15) is 10.1 Å². The van der Waals surface area contributed by atoms with E-state index in [1.54, 1.807) is 18.3 Å². The zero-order valence-electron chi connectivity index (χ0n) is 10.5. The second-order valence-corrected chi connectivity index (χ2v) is 4.05. The van der Waals surface area contributed by atoms with Crippen LogP contribution in [-0.4, -0.2) is 14.9 Å². The Bertz CT molecular complexity index is 586. The molecule has 0 spiro atoms. The molecule has 0 fully saturated rings. The highest BCUT2D eigenvalue weighted by atomic mass is 16.6. The van der Waals surface area contributed by atoms with Crippen molar-refractivity contribution >= 4 is 17.3 Å². The second kappa shape index (κ2) is 5.90. The molecule has 0 aliphatic heterocycles. The fraction of sp³-hybridized carbons (Fsp3) is 0.231. The highest BCUT2D eigenvalue weighted by Crippen LogP contribution is 2.19. The molecule has 1 heterocycles.